The molecule has 0 aliphatic carbocycles. The molecule has 0 spiro atoms. The lowest BCUT2D eigenvalue weighted by Gasteiger charge is -2.31. The SMILES string of the molecule is CC[Si](CC)(CC)C(=C(F)F)c1ccccc1Cl. The minimum absolute atomic E-state index is 0.251. The molecule has 0 atom stereocenters. The Bertz CT molecular complexity index is 427. The number of benzene rings is 1. The minimum Gasteiger partial charge on any atom is -0.174 e. The van der Waals surface area contributed by atoms with Crippen LogP contribution in [-0.4, -0.2) is 8.07 Å². The van der Waals surface area contributed by atoms with E-state index in [0.717, 1.165) is 18.1 Å². The quantitative estimate of drug-likeness (QED) is 0.583. The van der Waals surface area contributed by atoms with E-state index in [-0.39, 0.29) is 5.20 Å². The van der Waals surface area contributed by atoms with Crippen LogP contribution in [0.3, 0.4) is 0 Å². The standard InChI is InChI=1S/C14H19ClF2Si/c1-4-18(5-2,6-3)13(14(16)17)11-9-7-8-10-12(11)15/h7-10H,4-6H2,1-3H3. The second-order valence-electron chi connectivity index (χ2n) is 4.46. The lowest BCUT2D eigenvalue weighted by molar-refractivity contribution is 0.427. The van der Waals surface area contributed by atoms with Gasteiger partial charge in [-0.05, 0) is 11.6 Å². The van der Waals surface area contributed by atoms with Gasteiger partial charge in [0.1, 0.15) is 0 Å². The van der Waals surface area contributed by atoms with Gasteiger partial charge in [-0.1, -0.05) is 68.7 Å². The maximum Gasteiger partial charge on any atom is 0.270 e. The summed E-state index contributed by atoms with van der Waals surface area (Å²) in [6, 6.07) is 9.38. The molecule has 0 aliphatic rings. The van der Waals surface area contributed by atoms with Crippen LogP contribution < -0.4 is 0 Å². The van der Waals surface area contributed by atoms with E-state index >= 15 is 0 Å². The molecule has 0 bridgehead atoms. The predicted molar refractivity (Wildman–Crippen MR) is 77.8 cm³/mol. The Morgan fingerprint density at radius 3 is 1.94 bits per heavy atom. The summed E-state index contributed by atoms with van der Waals surface area (Å²) in [6.45, 7) is 6.04. The molecular formula is C14H19ClF2Si. The van der Waals surface area contributed by atoms with Gasteiger partial charge in [0.15, 0.2) is 0 Å². The van der Waals surface area contributed by atoms with Crippen molar-refractivity contribution in [2.45, 2.75) is 38.9 Å². The normalized spacial score (nSPS) is 11.4. The molecule has 18 heavy (non-hydrogen) atoms. The summed E-state index contributed by atoms with van der Waals surface area (Å²) in [5, 5.41) is 0.674. The van der Waals surface area contributed by atoms with Gasteiger partial charge >= 0.3 is 0 Å². The highest BCUT2D eigenvalue weighted by atomic mass is 35.5. The molecule has 0 fully saturated rings. The number of rotatable bonds is 5. The zero-order chi connectivity index (χ0) is 13.8. The summed E-state index contributed by atoms with van der Waals surface area (Å²) in [7, 11) is -2.14. The van der Waals surface area contributed by atoms with E-state index in [4.69, 9.17) is 11.6 Å². The third-order valence-electron chi connectivity index (χ3n) is 3.89. The molecule has 0 saturated heterocycles. The van der Waals surface area contributed by atoms with Crippen LogP contribution in [0.1, 0.15) is 26.3 Å². The Morgan fingerprint density at radius 1 is 1.06 bits per heavy atom. The first-order chi connectivity index (χ1) is 8.52. The Morgan fingerprint density at radius 2 is 1.56 bits per heavy atom. The van der Waals surface area contributed by atoms with Gasteiger partial charge in [-0.3, -0.25) is 0 Å². The molecule has 0 radical (unpaired) electrons. The van der Waals surface area contributed by atoms with Crippen LogP contribution in [0.5, 0.6) is 0 Å². The van der Waals surface area contributed by atoms with Crippen LogP contribution in [0.4, 0.5) is 8.78 Å². The summed E-state index contributed by atoms with van der Waals surface area (Å²) in [5.41, 5.74) is 0.524. The molecule has 0 unspecified atom stereocenters. The fourth-order valence-corrected chi connectivity index (χ4v) is 6.59. The van der Waals surface area contributed by atoms with Gasteiger partial charge < -0.3 is 0 Å². The largest absolute Gasteiger partial charge is 0.270 e. The highest BCUT2D eigenvalue weighted by Crippen LogP contribution is 2.40. The number of halogens is 3. The van der Waals surface area contributed by atoms with Crippen LogP contribution in [0.15, 0.2) is 30.3 Å². The van der Waals surface area contributed by atoms with Crippen molar-refractivity contribution in [3.63, 3.8) is 0 Å². The average molecular weight is 289 g/mol. The fourth-order valence-electron chi connectivity index (χ4n) is 2.53. The topological polar surface area (TPSA) is 0 Å². The van der Waals surface area contributed by atoms with Gasteiger partial charge in [-0.25, -0.2) is 0 Å². The van der Waals surface area contributed by atoms with E-state index in [1.807, 2.05) is 20.8 Å². The zero-order valence-electron chi connectivity index (χ0n) is 11.1. The molecule has 0 nitrogen and oxygen atoms in total. The van der Waals surface area contributed by atoms with Crippen molar-refractivity contribution in [1.82, 2.24) is 0 Å². The smallest absolute Gasteiger partial charge is 0.174 e. The summed E-state index contributed by atoms with van der Waals surface area (Å²) in [4.78, 5) is 0. The van der Waals surface area contributed by atoms with Crippen molar-refractivity contribution in [2.24, 2.45) is 0 Å². The van der Waals surface area contributed by atoms with E-state index in [9.17, 15) is 8.78 Å². The van der Waals surface area contributed by atoms with Gasteiger partial charge in [0, 0.05) is 10.2 Å². The second-order valence-corrected chi connectivity index (χ2v) is 10.0. The van der Waals surface area contributed by atoms with Crippen LogP contribution >= 0.6 is 11.6 Å². The third-order valence-corrected chi connectivity index (χ3v) is 9.80. The molecule has 1 rings (SSSR count). The number of hydrogen-bond donors (Lipinski definition) is 0. The van der Waals surface area contributed by atoms with Crippen LogP contribution in [0, 0.1) is 0 Å². The maximum atomic E-state index is 13.5. The molecule has 0 N–H and O–H groups in total. The van der Waals surface area contributed by atoms with Crippen molar-refractivity contribution >= 4 is 24.9 Å². The molecule has 100 valence electrons. The Balaban J connectivity index is 3.46. The second kappa shape index (κ2) is 6.48. The third kappa shape index (κ3) is 2.83. The first kappa shape index (κ1) is 15.4. The van der Waals surface area contributed by atoms with E-state index < -0.39 is 14.2 Å². The van der Waals surface area contributed by atoms with Gasteiger partial charge in [-0.2, -0.15) is 8.78 Å². The molecule has 0 aromatic heterocycles. The Hall–Kier alpha value is -0.673. The minimum atomic E-state index is -2.14. The molecule has 0 aliphatic heterocycles. The predicted octanol–water partition coefficient (Wildman–Crippen LogP) is 6.00. The molecular weight excluding hydrogens is 270 g/mol. The summed E-state index contributed by atoms with van der Waals surface area (Å²) in [6.07, 6.45) is -1.56. The lowest BCUT2D eigenvalue weighted by Crippen LogP contribution is -2.34. The molecule has 1 aromatic carbocycles. The molecule has 0 amide bonds. The van der Waals surface area contributed by atoms with Gasteiger partial charge in [0.05, 0.1) is 8.07 Å². The summed E-state index contributed by atoms with van der Waals surface area (Å²) < 4.78 is 27.0. The highest BCUT2D eigenvalue weighted by Gasteiger charge is 2.36. The summed E-state index contributed by atoms with van der Waals surface area (Å²) >= 11 is 6.09. The van der Waals surface area contributed by atoms with Crippen LogP contribution in [0.25, 0.3) is 5.20 Å². The van der Waals surface area contributed by atoms with Crippen molar-refractivity contribution in [2.75, 3.05) is 0 Å². The zero-order valence-corrected chi connectivity index (χ0v) is 12.8. The van der Waals surface area contributed by atoms with Crippen molar-refractivity contribution in [3.05, 3.63) is 40.9 Å². The maximum absolute atomic E-state index is 13.5. The van der Waals surface area contributed by atoms with Gasteiger partial charge in [-0.15, -0.1) is 0 Å². The van der Waals surface area contributed by atoms with Crippen molar-refractivity contribution in [3.8, 4) is 0 Å². The monoisotopic (exact) mass is 288 g/mol. The van der Waals surface area contributed by atoms with Gasteiger partial charge in [0.25, 0.3) is 6.08 Å². The van der Waals surface area contributed by atoms with E-state index in [1.54, 1.807) is 24.3 Å². The van der Waals surface area contributed by atoms with Gasteiger partial charge in [0.2, 0.25) is 0 Å². The Labute approximate surface area is 114 Å². The fraction of sp³-hybridized carbons (Fsp3) is 0.429. The highest BCUT2D eigenvalue weighted by molar-refractivity contribution is 6.96. The van der Waals surface area contributed by atoms with Crippen LogP contribution in [0.2, 0.25) is 23.2 Å². The molecule has 4 heteroatoms. The van der Waals surface area contributed by atoms with Crippen molar-refractivity contribution < 1.29 is 8.78 Å². The Kier molecular flexibility index (Phi) is 5.54. The first-order valence-corrected chi connectivity index (χ1v) is 9.33. The van der Waals surface area contributed by atoms with E-state index in [1.165, 1.54) is 0 Å². The van der Waals surface area contributed by atoms with Crippen LogP contribution in [-0.2, 0) is 0 Å². The van der Waals surface area contributed by atoms with E-state index in [2.05, 4.69) is 0 Å². The average Bonchev–Trinajstić information content (AvgIpc) is 2.37. The molecule has 1 aromatic rings. The number of hydrogen-bond acceptors (Lipinski definition) is 0. The summed E-state index contributed by atoms with van der Waals surface area (Å²) in [5.74, 6) is 0. The van der Waals surface area contributed by atoms with Crippen molar-refractivity contribution in [1.29, 1.82) is 0 Å². The lowest BCUT2D eigenvalue weighted by atomic mass is 10.2. The molecule has 0 heterocycles. The molecule has 0 saturated carbocycles. The first-order valence-electron chi connectivity index (χ1n) is 6.33. The van der Waals surface area contributed by atoms with E-state index in [0.29, 0.717) is 10.6 Å².